The molecule has 1 aromatic carbocycles. The van der Waals surface area contributed by atoms with Gasteiger partial charge in [-0.25, -0.2) is 0 Å². The van der Waals surface area contributed by atoms with Crippen LogP contribution in [-0.4, -0.2) is 20.5 Å². The summed E-state index contributed by atoms with van der Waals surface area (Å²) in [5.41, 5.74) is 1.40. The maximum Gasteiger partial charge on any atom is 0.279 e. The van der Waals surface area contributed by atoms with E-state index in [0.29, 0.717) is 17.7 Å². The molecule has 3 N–H and O–H groups in total. The third-order valence-electron chi connectivity index (χ3n) is 4.36. The Hall–Kier alpha value is -3.09. The maximum absolute atomic E-state index is 12.6. The first-order valence-corrected chi connectivity index (χ1v) is 7.90. The zero-order valence-electron chi connectivity index (χ0n) is 12.9. The number of nitrogens with zero attached hydrogens (tertiary/aromatic N) is 1. The summed E-state index contributed by atoms with van der Waals surface area (Å²) < 4.78 is 1.15. The predicted octanol–water partition coefficient (Wildman–Crippen LogP) is 1.45. The number of aryl methyl sites for hydroxylation is 1. The number of aromatic nitrogens is 3. The van der Waals surface area contributed by atoms with Gasteiger partial charge in [-0.05, 0) is 37.8 Å². The highest BCUT2D eigenvalue weighted by Gasteiger charge is 2.23. The van der Waals surface area contributed by atoms with Gasteiger partial charge in [-0.2, -0.15) is 4.52 Å². The topological polar surface area (TPSA) is 99.2 Å². The van der Waals surface area contributed by atoms with Gasteiger partial charge in [0.1, 0.15) is 5.56 Å². The van der Waals surface area contributed by atoms with Gasteiger partial charge in [0.05, 0.1) is 0 Å². The molecule has 24 heavy (non-hydrogen) atoms. The molecule has 0 saturated carbocycles. The van der Waals surface area contributed by atoms with Gasteiger partial charge in [-0.3, -0.25) is 19.5 Å². The molecule has 0 bridgehead atoms. The lowest BCUT2D eigenvalue weighted by Gasteiger charge is -2.15. The van der Waals surface area contributed by atoms with Gasteiger partial charge in [0, 0.05) is 16.9 Å². The van der Waals surface area contributed by atoms with Gasteiger partial charge < -0.3 is 10.3 Å². The van der Waals surface area contributed by atoms with Crippen LogP contribution in [0.5, 0.6) is 0 Å². The highest BCUT2D eigenvalue weighted by Crippen LogP contribution is 2.17. The highest BCUT2D eigenvalue weighted by atomic mass is 16.2. The van der Waals surface area contributed by atoms with Gasteiger partial charge in [-0.15, -0.1) is 0 Å². The molecule has 0 radical (unpaired) electrons. The van der Waals surface area contributed by atoms with Crippen LogP contribution in [0, 0.1) is 0 Å². The van der Waals surface area contributed by atoms with E-state index >= 15 is 0 Å². The summed E-state index contributed by atoms with van der Waals surface area (Å²) >= 11 is 0. The lowest BCUT2D eigenvalue weighted by Crippen LogP contribution is -2.25. The molecular weight excluding hydrogens is 308 g/mol. The van der Waals surface area contributed by atoms with Crippen LogP contribution in [0.15, 0.2) is 39.9 Å². The fourth-order valence-electron chi connectivity index (χ4n) is 3.19. The van der Waals surface area contributed by atoms with Crippen molar-refractivity contribution in [3.63, 3.8) is 0 Å². The Kier molecular flexibility index (Phi) is 3.34. The number of fused-ring (bicyclic) bond motifs is 2. The van der Waals surface area contributed by atoms with Gasteiger partial charge in [-0.1, -0.05) is 18.2 Å². The minimum atomic E-state index is -0.584. The largest absolute Gasteiger partial charge is 0.342 e. The third-order valence-corrected chi connectivity index (χ3v) is 4.36. The number of hydrogen-bond donors (Lipinski definition) is 3. The average molecular weight is 324 g/mol. The Morgan fingerprint density at radius 3 is 2.62 bits per heavy atom. The number of anilines is 1. The molecule has 0 aliphatic heterocycles. The van der Waals surface area contributed by atoms with Crippen LogP contribution in [0.2, 0.25) is 0 Å². The maximum atomic E-state index is 12.6. The fourth-order valence-corrected chi connectivity index (χ4v) is 3.19. The van der Waals surface area contributed by atoms with Gasteiger partial charge >= 0.3 is 0 Å². The minimum Gasteiger partial charge on any atom is -0.342 e. The number of benzene rings is 1. The summed E-state index contributed by atoms with van der Waals surface area (Å²) in [6.07, 6.45) is 3.38. The fraction of sp³-hybridized carbons (Fsp3) is 0.235. The molecule has 0 spiro atoms. The molecule has 0 fully saturated rings. The van der Waals surface area contributed by atoms with Crippen molar-refractivity contribution >= 4 is 17.2 Å². The van der Waals surface area contributed by atoms with E-state index in [9.17, 15) is 14.4 Å². The van der Waals surface area contributed by atoms with Crippen molar-refractivity contribution in [1.82, 2.24) is 14.6 Å². The summed E-state index contributed by atoms with van der Waals surface area (Å²) in [6.45, 7) is 0. The number of carbonyl (C=O) groups is 1. The zero-order chi connectivity index (χ0) is 16.7. The Bertz CT molecular complexity index is 1040. The quantitative estimate of drug-likeness (QED) is 0.665. The number of rotatable bonds is 2. The van der Waals surface area contributed by atoms with Crippen LogP contribution in [0.25, 0.3) is 5.65 Å². The number of para-hydroxylation sites is 1. The molecule has 1 aliphatic carbocycles. The lowest BCUT2D eigenvalue weighted by atomic mass is 9.97. The van der Waals surface area contributed by atoms with Gasteiger partial charge in [0.25, 0.3) is 17.0 Å². The Morgan fingerprint density at radius 1 is 1.08 bits per heavy atom. The van der Waals surface area contributed by atoms with Crippen LogP contribution in [-0.2, 0) is 12.8 Å². The lowest BCUT2D eigenvalue weighted by molar-refractivity contribution is 0.102. The summed E-state index contributed by atoms with van der Waals surface area (Å²) in [5, 5.41) is 5.15. The summed E-state index contributed by atoms with van der Waals surface area (Å²) in [4.78, 5) is 40.4. The minimum absolute atomic E-state index is 0.0793. The molecule has 1 amide bonds. The van der Waals surface area contributed by atoms with Crippen LogP contribution in [0.1, 0.15) is 34.5 Å². The summed E-state index contributed by atoms with van der Waals surface area (Å²) in [5.74, 6) is -0.545. The smallest absolute Gasteiger partial charge is 0.279 e. The average Bonchev–Trinajstić information content (AvgIpc) is 2.92. The molecule has 0 saturated heterocycles. The second kappa shape index (κ2) is 5.52. The van der Waals surface area contributed by atoms with Crippen LogP contribution < -0.4 is 16.4 Å². The monoisotopic (exact) mass is 324 g/mol. The summed E-state index contributed by atoms with van der Waals surface area (Å²) in [7, 11) is 0. The first kappa shape index (κ1) is 14.5. The molecule has 2 aromatic heterocycles. The van der Waals surface area contributed by atoms with E-state index in [-0.39, 0.29) is 16.8 Å². The number of carbonyl (C=O) groups excluding carboxylic acids is 1. The molecular formula is C17H16N4O3. The van der Waals surface area contributed by atoms with E-state index in [1.165, 1.54) is 0 Å². The normalized spacial score (nSPS) is 13.7. The van der Waals surface area contributed by atoms with Crippen LogP contribution in [0.4, 0.5) is 5.69 Å². The first-order chi connectivity index (χ1) is 11.6. The predicted molar refractivity (Wildman–Crippen MR) is 89.7 cm³/mol. The molecule has 7 heteroatoms. The van der Waals surface area contributed by atoms with E-state index in [1.807, 2.05) is 6.07 Å². The molecule has 2 heterocycles. The number of aromatic amines is 2. The molecule has 1 aliphatic rings. The number of hydrogen-bond acceptors (Lipinski definition) is 3. The Balaban J connectivity index is 1.85. The first-order valence-electron chi connectivity index (χ1n) is 7.90. The van der Waals surface area contributed by atoms with E-state index in [4.69, 9.17) is 0 Å². The number of H-pyrrole nitrogens is 2. The van der Waals surface area contributed by atoms with Crippen molar-refractivity contribution in [3.05, 3.63) is 67.9 Å². The van der Waals surface area contributed by atoms with Crippen molar-refractivity contribution < 1.29 is 4.79 Å². The van der Waals surface area contributed by atoms with E-state index < -0.39 is 11.5 Å². The van der Waals surface area contributed by atoms with Crippen molar-refractivity contribution in [3.8, 4) is 0 Å². The molecule has 4 rings (SSSR count). The van der Waals surface area contributed by atoms with E-state index in [2.05, 4.69) is 15.4 Å². The SMILES string of the molecule is O=C(Nc1ccccc1)c1c(=O)[nH]n2c(=O)c3c([nH]c12)CCCC3. The third kappa shape index (κ3) is 2.25. The second-order valence-electron chi connectivity index (χ2n) is 5.91. The second-order valence-corrected chi connectivity index (χ2v) is 5.91. The molecule has 3 aromatic rings. The van der Waals surface area contributed by atoms with Crippen LogP contribution in [0.3, 0.4) is 0 Å². The van der Waals surface area contributed by atoms with Crippen LogP contribution >= 0.6 is 0 Å². The van der Waals surface area contributed by atoms with Crippen molar-refractivity contribution in [1.29, 1.82) is 0 Å². The highest BCUT2D eigenvalue weighted by molar-refractivity contribution is 6.08. The Labute approximate surface area is 136 Å². The van der Waals surface area contributed by atoms with Crippen molar-refractivity contribution in [2.75, 3.05) is 5.32 Å². The Morgan fingerprint density at radius 2 is 1.83 bits per heavy atom. The molecule has 0 unspecified atom stereocenters. The van der Waals surface area contributed by atoms with E-state index in [1.54, 1.807) is 24.3 Å². The van der Waals surface area contributed by atoms with E-state index in [0.717, 1.165) is 29.5 Å². The van der Waals surface area contributed by atoms with Gasteiger partial charge in [0.2, 0.25) is 0 Å². The van der Waals surface area contributed by atoms with Gasteiger partial charge in [0.15, 0.2) is 5.65 Å². The zero-order valence-corrected chi connectivity index (χ0v) is 12.9. The molecule has 0 atom stereocenters. The number of nitrogens with one attached hydrogen (secondary N) is 3. The molecule has 7 nitrogen and oxygen atoms in total. The van der Waals surface area contributed by atoms with Crippen molar-refractivity contribution in [2.24, 2.45) is 0 Å². The number of amides is 1. The molecule has 122 valence electrons. The van der Waals surface area contributed by atoms with Crippen molar-refractivity contribution in [2.45, 2.75) is 25.7 Å². The standard InChI is InChI=1S/C17H16N4O3/c22-15(18-10-6-2-1-3-7-10)13-14-19-12-9-5-4-8-11(12)17(24)21(14)20-16(13)23/h1-3,6-7,19H,4-5,8-9H2,(H,18,22)(H,20,23). The summed E-state index contributed by atoms with van der Waals surface area (Å²) in [6, 6.07) is 8.87.